The molecule has 0 saturated carbocycles. The normalized spacial score (nSPS) is 17.5. The van der Waals surface area contributed by atoms with Crippen molar-refractivity contribution in [1.82, 2.24) is 9.88 Å². The highest BCUT2D eigenvalue weighted by Crippen LogP contribution is 2.41. The summed E-state index contributed by atoms with van der Waals surface area (Å²) in [6, 6.07) is 0. The van der Waals surface area contributed by atoms with Gasteiger partial charge in [0.2, 0.25) is 5.91 Å². The quantitative estimate of drug-likeness (QED) is 0.799. The Morgan fingerprint density at radius 1 is 1.38 bits per heavy atom. The zero-order valence-corrected chi connectivity index (χ0v) is 14.9. The highest BCUT2D eigenvalue weighted by molar-refractivity contribution is 6.37. The first-order valence-electron chi connectivity index (χ1n) is 8.17. The van der Waals surface area contributed by atoms with Gasteiger partial charge in [0, 0.05) is 35.7 Å². The highest BCUT2D eigenvalue weighted by atomic mass is 35.5. The summed E-state index contributed by atoms with van der Waals surface area (Å²) in [7, 11) is 0. The van der Waals surface area contributed by atoms with Gasteiger partial charge in [-0.1, -0.05) is 18.2 Å². The predicted octanol–water partition coefficient (Wildman–Crippen LogP) is 3.40. The lowest BCUT2D eigenvalue weighted by atomic mass is 9.86. The van der Waals surface area contributed by atoms with Gasteiger partial charge in [0.05, 0.1) is 10.5 Å². The molecule has 1 unspecified atom stereocenters. The number of halogens is 3. The van der Waals surface area contributed by atoms with Crippen LogP contribution in [0.4, 0.5) is 8.78 Å². The molecule has 1 atom stereocenters. The number of nitrogens with zero attached hydrogens (tertiary/aromatic N) is 1. The van der Waals surface area contributed by atoms with Crippen molar-refractivity contribution in [3.63, 3.8) is 0 Å². The third-order valence-corrected chi connectivity index (χ3v) is 5.31. The van der Waals surface area contributed by atoms with Crippen molar-refractivity contribution in [2.45, 2.75) is 25.7 Å². The minimum atomic E-state index is -1.30. The molecule has 2 amide bonds. The Kier molecular flexibility index (Phi) is 4.75. The van der Waals surface area contributed by atoms with Crippen LogP contribution in [0.3, 0.4) is 0 Å². The van der Waals surface area contributed by atoms with Crippen molar-refractivity contribution >= 4 is 34.3 Å². The van der Waals surface area contributed by atoms with Gasteiger partial charge in [-0.25, -0.2) is 8.78 Å². The van der Waals surface area contributed by atoms with Crippen LogP contribution in [0.25, 0.3) is 10.9 Å². The number of benzene rings is 1. The van der Waals surface area contributed by atoms with Crippen molar-refractivity contribution in [2.75, 3.05) is 13.1 Å². The van der Waals surface area contributed by atoms with Crippen LogP contribution < -0.4 is 5.73 Å². The number of hydrogen-bond acceptors (Lipinski definition) is 2. The molecule has 1 aliphatic heterocycles. The first kappa shape index (κ1) is 18.4. The average Bonchev–Trinajstić information content (AvgIpc) is 2.89. The molecule has 2 aromatic rings. The maximum atomic E-state index is 15.0. The Morgan fingerprint density at radius 2 is 2.08 bits per heavy atom. The van der Waals surface area contributed by atoms with E-state index in [1.165, 1.54) is 6.08 Å². The molecule has 1 saturated heterocycles. The number of aromatic amines is 1. The number of hydrogen-bond donors (Lipinski definition) is 2. The lowest BCUT2D eigenvalue weighted by Crippen LogP contribution is -2.38. The minimum Gasteiger partial charge on any atom is -0.365 e. The number of primary amides is 1. The van der Waals surface area contributed by atoms with E-state index in [4.69, 9.17) is 17.3 Å². The van der Waals surface area contributed by atoms with Crippen molar-refractivity contribution < 1.29 is 18.4 Å². The second-order valence-corrected chi connectivity index (χ2v) is 6.80. The fraction of sp³-hybridized carbons (Fsp3) is 0.333. The number of nitrogens with two attached hydrogens (primary N) is 1. The van der Waals surface area contributed by atoms with Gasteiger partial charge < -0.3 is 15.6 Å². The maximum Gasteiger partial charge on any atom is 0.253 e. The summed E-state index contributed by atoms with van der Waals surface area (Å²) in [4.78, 5) is 28.0. The van der Waals surface area contributed by atoms with E-state index < -0.39 is 29.0 Å². The molecule has 2 heterocycles. The van der Waals surface area contributed by atoms with Crippen LogP contribution >= 0.6 is 11.6 Å². The standard InChI is InChI=1S/C18H18ClF2N3O2/c1-3-10(25)24-6-4-5-9(7-24)11-12-14(19)8(2)23-17(12)13(18(22)26)16(21)15(11)20/h3,9,23H,1,4-7H2,2H3,(H2,22,26). The second-order valence-electron chi connectivity index (χ2n) is 6.42. The predicted molar refractivity (Wildman–Crippen MR) is 95.2 cm³/mol. The smallest absolute Gasteiger partial charge is 0.253 e. The number of piperidine rings is 1. The van der Waals surface area contributed by atoms with Crippen molar-refractivity contribution in [2.24, 2.45) is 5.73 Å². The van der Waals surface area contributed by atoms with Gasteiger partial charge in [0.1, 0.15) is 5.56 Å². The first-order chi connectivity index (χ1) is 12.3. The molecule has 0 spiro atoms. The number of carbonyl (C=O) groups is 2. The number of amides is 2. The molecule has 1 aliphatic rings. The molecular weight excluding hydrogens is 364 g/mol. The van der Waals surface area contributed by atoms with Crippen LogP contribution in [-0.4, -0.2) is 34.8 Å². The lowest BCUT2D eigenvalue weighted by Gasteiger charge is -2.33. The fourth-order valence-electron chi connectivity index (χ4n) is 3.65. The van der Waals surface area contributed by atoms with E-state index in [2.05, 4.69) is 11.6 Å². The molecule has 1 aromatic heterocycles. The Balaban J connectivity index is 2.25. The van der Waals surface area contributed by atoms with Crippen LogP contribution in [0.1, 0.15) is 40.4 Å². The largest absolute Gasteiger partial charge is 0.365 e. The number of likely N-dealkylation sites (tertiary alicyclic amines) is 1. The molecular formula is C18H18ClF2N3O2. The summed E-state index contributed by atoms with van der Waals surface area (Å²) in [5.74, 6) is -4.26. The summed E-state index contributed by atoms with van der Waals surface area (Å²) in [6.45, 7) is 5.84. The minimum absolute atomic E-state index is 0.0680. The molecule has 3 rings (SSSR count). The number of fused-ring (bicyclic) bond motifs is 1. The number of carbonyl (C=O) groups excluding carboxylic acids is 2. The number of rotatable bonds is 3. The van der Waals surface area contributed by atoms with Crippen LogP contribution in [0.15, 0.2) is 12.7 Å². The fourth-order valence-corrected chi connectivity index (χ4v) is 3.89. The molecule has 8 heteroatoms. The Morgan fingerprint density at radius 3 is 2.69 bits per heavy atom. The molecule has 1 fully saturated rings. The van der Waals surface area contributed by atoms with E-state index in [0.29, 0.717) is 25.1 Å². The summed E-state index contributed by atoms with van der Waals surface area (Å²) < 4.78 is 29.6. The molecule has 5 nitrogen and oxygen atoms in total. The Labute approximate surface area is 153 Å². The topological polar surface area (TPSA) is 79.2 Å². The number of aryl methyl sites for hydroxylation is 1. The summed E-state index contributed by atoms with van der Waals surface area (Å²) in [5, 5.41) is 0.457. The van der Waals surface area contributed by atoms with E-state index in [-0.39, 0.29) is 33.9 Å². The van der Waals surface area contributed by atoms with E-state index >= 15 is 0 Å². The third kappa shape index (κ3) is 2.76. The van der Waals surface area contributed by atoms with Gasteiger partial charge in [-0.05, 0) is 25.8 Å². The van der Waals surface area contributed by atoms with Crippen molar-refractivity contribution in [1.29, 1.82) is 0 Å². The van der Waals surface area contributed by atoms with E-state index in [0.717, 1.165) is 0 Å². The van der Waals surface area contributed by atoms with Crippen LogP contribution in [-0.2, 0) is 4.79 Å². The first-order valence-corrected chi connectivity index (χ1v) is 8.55. The van der Waals surface area contributed by atoms with Crippen molar-refractivity contribution in [3.8, 4) is 0 Å². The van der Waals surface area contributed by atoms with Crippen LogP contribution in [0, 0.1) is 18.6 Å². The summed E-state index contributed by atoms with van der Waals surface area (Å²) in [6.07, 6.45) is 2.38. The summed E-state index contributed by atoms with van der Waals surface area (Å²) >= 11 is 6.32. The van der Waals surface area contributed by atoms with Gasteiger partial charge in [0.15, 0.2) is 11.6 Å². The average molecular weight is 382 g/mol. The van der Waals surface area contributed by atoms with Crippen LogP contribution in [0.2, 0.25) is 5.02 Å². The van der Waals surface area contributed by atoms with Gasteiger partial charge >= 0.3 is 0 Å². The van der Waals surface area contributed by atoms with Gasteiger partial charge in [-0.15, -0.1) is 0 Å². The van der Waals surface area contributed by atoms with Gasteiger partial charge in [-0.3, -0.25) is 9.59 Å². The molecule has 0 radical (unpaired) electrons. The van der Waals surface area contributed by atoms with E-state index in [1.54, 1.807) is 11.8 Å². The number of nitrogens with one attached hydrogen (secondary N) is 1. The Hall–Kier alpha value is -2.41. The molecule has 0 bridgehead atoms. The molecule has 3 N–H and O–H groups in total. The van der Waals surface area contributed by atoms with Gasteiger partial charge in [0.25, 0.3) is 5.91 Å². The Bertz CT molecular complexity index is 939. The zero-order chi connectivity index (χ0) is 19.2. The van der Waals surface area contributed by atoms with Crippen molar-refractivity contribution in [3.05, 3.63) is 46.1 Å². The SMILES string of the molecule is C=CC(=O)N1CCCC(c2c(F)c(F)c(C(N)=O)c3[nH]c(C)c(Cl)c23)C1. The zero-order valence-electron chi connectivity index (χ0n) is 14.2. The second kappa shape index (κ2) is 6.72. The third-order valence-electron chi connectivity index (χ3n) is 4.84. The monoisotopic (exact) mass is 381 g/mol. The molecule has 1 aromatic carbocycles. The van der Waals surface area contributed by atoms with Gasteiger partial charge in [-0.2, -0.15) is 0 Å². The molecule has 0 aliphatic carbocycles. The highest BCUT2D eigenvalue weighted by Gasteiger charge is 2.33. The number of H-pyrrole nitrogens is 1. The summed E-state index contributed by atoms with van der Waals surface area (Å²) in [5.41, 5.74) is 5.32. The number of aromatic nitrogens is 1. The lowest BCUT2D eigenvalue weighted by molar-refractivity contribution is -0.127. The van der Waals surface area contributed by atoms with E-state index in [9.17, 15) is 18.4 Å². The molecule has 26 heavy (non-hydrogen) atoms. The van der Waals surface area contributed by atoms with E-state index in [1.807, 2.05) is 0 Å². The van der Waals surface area contributed by atoms with Crippen LogP contribution in [0.5, 0.6) is 0 Å². The maximum absolute atomic E-state index is 15.0. The molecule has 138 valence electrons.